The molecule has 0 aromatic carbocycles. The second kappa shape index (κ2) is 4.54. The molecule has 0 unspecified atom stereocenters. The Bertz CT molecular complexity index is 790. The van der Waals surface area contributed by atoms with E-state index >= 15 is 0 Å². The SMILES string of the molecule is O=C(N[C@@H]1C2CCN(CC2)C12CC2)c1cc2cc(F)oc2cn1. The summed E-state index contributed by atoms with van der Waals surface area (Å²) in [6, 6.07) is 2.44. The number of carbonyl (C=O) groups is 1. The lowest BCUT2D eigenvalue weighted by atomic mass is 9.77. The summed E-state index contributed by atoms with van der Waals surface area (Å²) >= 11 is 0. The molecule has 2 aromatic heterocycles. The molecule has 0 radical (unpaired) electrons. The lowest BCUT2D eigenvalue weighted by molar-refractivity contribution is -0.00152. The van der Waals surface area contributed by atoms with Crippen LogP contribution in [-0.4, -0.2) is 40.5 Å². The zero-order chi connectivity index (χ0) is 15.6. The molecule has 23 heavy (non-hydrogen) atoms. The monoisotopic (exact) mass is 315 g/mol. The molecule has 1 amide bonds. The molecule has 3 saturated heterocycles. The zero-order valence-electron chi connectivity index (χ0n) is 12.7. The van der Waals surface area contributed by atoms with Crippen LogP contribution in [0, 0.1) is 11.9 Å². The lowest BCUT2D eigenvalue weighted by Gasteiger charge is -2.52. The van der Waals surface area contributed by atoms with Crippen molar-refractivity contribution >= 4 is 16.9 Å². The maximum atomic E-state index is 13.1. The molecule has 1 saturated carbocycles. The lowest BCUT2D eigenvalue weighted by Crippen LogP contribution is -2.65. The van der Waals surface area contributed by atoms with Crippen LogP contribution in [0.4, 0.5) is 4.39 Å². The van der Waals surface area contributed by atoms with Crippen LogP contribution in [-0.2, 0) is 0 Å². The van der Waals surface area contributed by atoms with Crippen molar-refractivity contribution in [3.8, 4) is 0 Å². The number of halogens is 1. The fraction of sp³-hybridized carbons (Fsp3) is 0.529. The number of nitrogens with zero attached hydrogens (tertiary/aromatic N) is 2. The largest absolute Gasteiger partial charge is 0.429 e. The van der Waals surface area contributed by atoms with Crippen LogP contribution >= 0.6 is 0 Å². The van der Waals surface area contributed by atoms with Gasteiger partial charge in [0.25, 0.3) is 11.9 Å². The van der Waals surface area contributed by atoms with Gasteiger partial charge in [0, 0.05) is 17.0 Å². The van der Waals surface area contributed by atoms with Crippen molar-refractivity contribution in [2.75, 3.05) is 13.1 Å². The molecule has 120 valence electrons. The third-order valence-electron chi connectivity index (χ3n) is 5.88. The van der Waals surface area contributed by atoms with Gasteiger partial charge in [-0.2, -0.15) is 4.39 Å². The molecular formula is C17H18FN3O2. The average molecular weight is 315 g/mol. The topological polar surface area (TPSA) is 58.4 Å². The van der Waals surface area contributed by atoms with Gasteiger partial charge in [0.15, 0.2) is 5.58 Å². The zero-order valence-corrected chi connectivity index (χ0v) is 12.7. The molecule has 2 aromatic rings. The van der Waals surface area contributed by atoms with Gasteiger partial charge < -0.3 is 9.73 Å². The van der Waals surface area contributed by atoms with Crippen LogP contribution in [0.3, 0.4) is 0 Å². The first kappa shape index (κ1) is 13.5. The Morgan fingerprint density at radius 2 is 2.13 bits per heavy atom. The third-order valence-corrected chi connectivity index (χ3v) is 5.88. The molecule has 5 nitrogen and oxygen atoms in total. The standard InChI is InChI=1S/C17H18FN3O2/c18-14-8-11-7-12(19-9-13(11)23-14)16(22)20-15-10-1-5-21(6-2-10)17(15)3-4-17/h7-10,15H,1-6H2,(H,20,22)/t15-/m1/s1. The van der Waals surface area contributed by atoms with Gasteiger partial charge in [0.2, 0.25) is 0 Å². The van der Waals surface area contributed by atoms with E-state index in [1.165, 1.54) is 25.1 Å². The summed E-state index contributed by atoms with van der Waals surface area (Å²) in [7, 11) is 0. The Balaban J connectivity index is 1.42. The van der Waals surface area contributed by atoms with Crippen molar-refractivity contribution in [1.82, 2.24) is 15.2 Å². The van der Waals surface area contributed by atoms with E-state index < -0.39 is 6.01 Å². The maximum Gasteiger partial charge on any atom is 0.278 e. The number of pyridine rings is 1. The van der Waals surface area contributed by atoms with Crippen LogP contribution in [0.25, 0.3) is 11.0 Å². The highest BCUT2D eigenvalue weighted by molar-refractivity contribution is 5.95. The van der Waals surface area contributed by atoms with Gasteiger partial charge in [-0.25, -0.2) is 4.98 Å². The number of fused-ring (bicyclic) bond motifs is 3. The molecule has 4 fully saturated rings. The molecule has 6 heteroatoms. The van der Waals surface area contributed by atoms with Crippen molar-refractivity contribution in [1.29, 1.82) is 0 Å². The summed E-state index contributed by atoms with van der Waals surface area (Å²) < 4.78 is 18.0. The molecule has 1 spiro atoms. The van der Waals surface area contributed by atoms with Crippen LogP contribution in [0.2, 0.25) is 0 Å². The van der Waals surface area contributed by atoms with Crippen LogP contribution in [0.5, 0.6) is 0 Å². The molecule has 4 aliphatic rings. The number of hydrogen-bond acceptors (Lipinski definition) is 4. The first-order chi connectivity index (χ1) is 11.2. The molecule has 6 rings (SSSR count). The van der Waals surface area contributed by atoms with Crippen LogP contribution < -0.4 is 5.32 Å². The highest BCUT2D eigenvalue weighted by Gasteiger charge is 2.60. The van der Waals surface area contributed by atoms with Gasteiger partial charge in [0.1, 0.15) is 5.69 Å². The highest BCUT2D eigenvalue weighted by atomic mass is 19.1. The highest BCUT2D eigenvalue weighted by Crippen LogP contribution is 2.53. The first-order valence-corrected chi connectivity index (χ1v) is 8.27. The van der Waals surface area contributed by atoms with Gasteiger partial charge in [-0.05, 0) is 50.8 Å². The van der Waals surface area contributed by atoms with E-state index in [0.717, 1.165) is 25.9 Å². The van der Waals surface area contributed by atoms with Gasteiger partial charge in [-0.1, -0.05) is 0 Å². The van der Waals surface area contributed by atoms with Gasteiger partial charge in [-0.3, -0.25) is 9.69 Å². The smallest absolute Gasteiger partial charge is 0.278 e. The summed E-state index contributed by atoms with van der Waals surface area (Å²) in [5, 5.41) is 3.79. The predicted octanol–water partition coefficient (Wildman–Crippen LogP) is 2.32. The van der Waals surface area contributed by atoms with E-state index in [1.54, 1.807) is 6.07 Å². The molecule has 5 heterocycles. The fourth-order valence-electron chi connectivity index (χ4n) is 4.57. The number of hydrogen-bond donors (Lipinski definition) is 1. The van der Waals surface area contributed by atoms with Crippen molar-refractivity contribution in [2.24, 2.45) is 5.92 Å². The molecule has 1 atom stereocenters. The summed E-state index contributed by atoms with van der Waals surface area (Å²) in [5.41, 5.74) is 0.883. The second-order valence-corrected chi connectivity index (χ2v) is 7.04. The van der Waals surface area contributed by atoms with Crippen molar-refractivity contribution < 1.29 is 13.6 Å². The molecule has 2 bridgehead atoms. The number of amides is 1. The molecule has 3 aliphatic heterocycles. The normalized spacial score (nSPS) is 30.7. The average Bonchev–Trinajstić information content (AvgIpc) is 3.24. The van der Waals surface area contributed by atoms with E-state index in [9.17, 15) is 9.18 Å². The van der Waals surface area contributed by atoms with E-state index in [4.69, 9.17) is 4.42 Å². The fourth-order valence-corrected chi connectivity index (χ4v) is 4.57. The summed E-state index contributed by atoms with van der Waals surface area (Å²) in [6.45, 7) is 2.32. The van der Waals surface area contributed by atoms with Crippen molar-refractivity contribution in [3.05, 3.63) is 30.0 Å². The molecule has 1 aliphatic carbocycles. The Morgan fingerprint density at radius 1 is 1.35 bits per heavy atom. The number of nitrogens with one attached hydrogen (secondary N) is 1. The predicted molar refractivity (Wildman–Crippen MR) is 81.5 cm³/mol. The number of rotatable bonds is 2. The van der Waals surface area contributed by atoms with Crippen molar-refractivity contribution in [3.63, 3.8) is 0 Å². The molecular weight excluding hydrogens is 297 g/mol. The Labute approximate surface area is 132 Å². The Hall–Kier alpha value is -1.95. The van der Waals surface area contributed by atoms with E-state index in [0.29, 0.717) is 22.6 Å². The Kier molecular flexibility index (Phi) is 2.66. The quantitative estimate of drug-likeness (QED) is 0.924. The van der Waals surface area contributed by atoms with Crippen molar-refractivity contribution in [2.45, 2.75) is 37.3 Å². The summed E-state index contributed by atoms with van der Waals surface area (Å²) in [6.07, 6.45) is 6.08. The second-order valence-electron chi connectivity index (χ2n) is 7.04. The summed E-state index contributed by atoms with van der Waals surface area (Å²) in [4.78, 5) is 19.3. The third kappa shape index (κ3) is 1.94. The van der Waals surface area contributed by atoms with E-state index in [-0.39, 0.29) is 17.5 Å². The maximum absolute atomic E-state index is 13.1. The molecule has 1 N–H and O–H groups in total. The van der Waals surface area contributed by atoms with E-state index in [1.807, 2.05) is 0 Å². The van der Waals surface area contributed by atoms with E-state index in [2.05, 4.69) is 15.2 Å². The first-order valence-electron chi connectivity index (χ1n) is 8.27. The number of furan rings is 1. The van der Waals surface area contributed by atoms with Gasteiger partial charge >= 0.3 is 0 Å². The van der Waals surface area contributed by atoms with Gasteiger partial charge in [-0.15, -0.1) is 0 Å². The summed E-state index contributed by atoms with van der Waals surface area (Å²) in [5.74, 6) is 0.403. The van der Waals surface area contributed by atoms with Crippen LogP contribution in [0.15, 0.2) is 22.7 Å². The van der Waals surface area contributed by atoms with Crippen LogP contribution in [0.1, 0.15) is 36.2 Å². The number of carbonyl (C=O) groups excluding carboxylic acids is 1. The minimum absolute atomic E-state index is 0.168. The number of piperidine rings is 3. The number of aromatic nitrogens is 1. The minimum atomic E-state index is -0.659. The Morgan fingerprint density at radius 3 is 2.87 bits per heavy atom. The van der Waals surface area contributed by atoms with Gasteiger partial charge in [0.05, 0.1) is 12.2 Å². The minimum Gasteiger partial charge on any atom is -0.429 e.